The number of hydrogen-bond donors (Lipinski definition) is 2. The van der Waals surface area contributed by atoms with Crippen molar-refractivity contribution in [3.63, 3.8) is 0 Å². The van der Waals surface area contributed by atoms with Crippen LogP contribution in [-0.2, 0) is 57.1 Å². The number of carbonyl (C=O) groups excluding carboxylic acids is 6. The van der Waals surface area contributed by atoms with E-state index in [0.29, 0.717) is 0 Å². The molecular formula is C23H34BrNO14. The summed E-state index contributed by atoms with van der Waals surface area (Å²) in [6, 6.07) is -1.60. The summed E-state index contributed by atoms with van der Waals surface area (Å²) < 4.78 is 34.2. The third kappa shape index (κ3) is 9.93. The van der Waals surface area contributed by atoms with Crippen molar-refractivity contribution in [3.05, 3.63) is 0 Å². The SMILES string of the molecule is COC(=O)[C@@]1(Br)OC([C@H](OC(C)=O)[C@@H](COC(C)=O)OC(C)=O)[C@H](NC(=O)OC(C)(C)C)C(OC(C)=O)C1O. The maximum atomic E-state index is 12.8. The third-order valence-electron chi connectivity index (χ3n) is 4.92. The first-order valence-electron chi connectivity index (χ1n) is 11.6. The number of rotatable bonds is 9. The second-order valence-corrected chi connectivity index (χ2v) is 10.6. The smallest absolute Gasteiger partial charge is 0.408 e. The number of halogens is 1. The minimum absolute atomic E-state index is 0.653. The molecule has 0 aliphatic carbocycles. The van der Waals surface area contributed by atoms with Crippen LogP contribution in [0, 0.1) is 0 Å². The Morgan fingerprint density at radius 2 is 1.54 bits per heavy atom. The van der Waals surface area contributed by atoms with Crippen molar-refractivity contribution in [1.82, 2.24) is 5.32 Å². The van der Waals surface area contributed by atoms with Crippen LogP contribution in [0.3, 0.4) is 0 Å². The summed E-state index contributed by atoms with van der Waals surface area (Å²) in [7, 11) is 0.980. The molecule has 1 saturated heterocycles. The van der Waals surface area contributed by atoms with Gasteiger partial charge >= 0.3 is 35.9 Å². The van der Waals surface area contributed by atoms with Crippen LogP contribution in [0.4, 0.5) is 4.79 Å². The minimum Gasteiger partial charge on any atom is -0.466 e. The first-order valence-corrected chi connectivity index (χ1v) is 12.4. The number of alkyl carbamates (subject to hydrolysis) is 1. The topological polar surface area (TPSA) is 199 Å². The maximum absolute atomic E-state index is 12.8. The molecule has 2 N–H and O–H groups in total. The quantitative estimate of drug-likeness (QED) is 0.200. The van der Waals surface area contributed by atoms with Crippen molar-refractivity contribution in [3.8, 4) is 0 Å². The number of amides is 1. The zero-order valence-corrected chi connectivity index (χ0v) is 24.4. The molecule has 39 heavy (non-hydrogen) atoms. The van der Waals surface area contributed by atoms with E-state index in [9.17, 15) is 33.9 Å². The number of alkyl halides is 1. The highest BCUT2D eigenvalue weighted by Crippen LogP contribution is 2.40. The van der Waals surface area contributed by atoms with Gasteiger partial charge in [-0.3, -0.25) is 19.2 Å². The van der Waals surface area contributed by atoms with Gasteiger partial charge in [-0.15, -0.1) is 0 Å². The normalized spacial score (nSPS) is 26.2. The fourth-order valence-electron chi connectivity index (χ4n) is 3.61. The van der Waals surface area contributed by atoms with Crippen molar-refractivity contribution in [2.45, 2.75) is 95.1 Å². The number of carbonyl (C=O) groups is 6. The Morgan fingerprint density at radius 1 is 0.974 bits per heavy atom. The number of aliphatic hydroxyl groups excluding tert-OH is 1. The minimum atomic E-state index is -2.45. The monoisotopic (exact) mass is 627 g/mol. The largest absolute Gasteiger partial charge is 0.466 e. The van der Waals surface area contributed by atoms with Crippen molar-refractivity contribution < 1.29 is 67.0 Å². The maximum Gasteiger partial charge on any atom is 0.408 e. The van der Waals surface area contributed by atoms with Gasteiger partial charge in [0.1, 0.15) is 30.5 Å². The molecule has 0 spiro atoms. The Morgan fingerprint density at radius 3 is 1.97 bits per heavy atom. The predicted molar refractivity (Wildman–Crippen MR) is 131 cm³/mol. The molecule has 0 aromatic carbocycles. The molecular weight excluding hydrogens is 594 g/mol. The van der Waals surface area contributed by atoms with Crippen LogP contribution in [0.15, 0.2) is 0 Å². The fourth-order valence-corrected chi connectivity index (χ4v) is 4.25. The van der Waals surface area contributed by atoms with Crippen molar-refractivity contribution in [1.29, 1.82) is 0 Å². The highest BCUT2D eigenvalue weighted by molar-refractivity contribution is 9.10. The first kappa shape index (κ1) is 34.0. The molecule has 222 valence electrons. The number of ether oxygens (including phenoxy) is 7. The molecule has 0 saturated carbocycles. The highest BCUT2D eigenvalue weighted by Gasteiger charge is 2.63. The molecule has 0 bridgehead atoms. The average Bonchev–Trinajstić information content (AvgIpc) is 2.77. The number of esters is 5. The van der Waals surface area contributed by atoms with E-state index >= 15 is 0 Å². The summed E-state index contributed by atoms with van der Waals surface area (Å²) in [4.78, 5) is 73.1. The van der Waals surface area contributed by atoms with E-state index < -0.39 is 89.2 Å². The van der Waals surface area contributed by atoms with Crippen LogP contribution in [0.5, 0.6) is 0 Å². The van der Waals surface area contributed by atoms with Gasteiger partial charge in [-0.2, -0.15) is 0 Å². The summed E-state index contributed by atoms with van der Waals surface area (Å²) in [5.74, 6) is -4.73. The molecule has 1 aliphatic rings. The van der Waals surface area contributed by atoms with E-state index in [4.69, 9.17) is 33.2 Å². The second-order valence-electron chi connectivity index (χ2n) is 9.43. The molecule has 0 aromatic rings. The van der Waals surface area contributed by atoms with E-state index in [-0.39, 0.29) is 0 Å². The predicted octanol–water partition coefficient (Wildman–Crippen LogP) is 0.262. The average molecular weight is 628 g/mol. The molecule has 1 amide bonds. The Kier molecular flexibility index (Phi) is 12.1. The van der Waals surface area contributed by atoms with Gasteiger partial charge < -0.3 is 43.6 Å². The Bertz CT molecular complexity index is 950. The zero-order valence-electron chi connectivity index (χ0n) is 22.8. The molecule has 3 unspecified atom stereocenters. The lowest BCUT2D eigenvalue weighted by atomic mass is 9.87. The molecule has 1 heterocycles. The van der Waals surface area contributed by atoms with Crippen molar-refractivity contribution in [2.24, 2.45) is 0 Å². The van der Waals surface area contributed by atoms with E-state index in [1.54, 1.807) is 20.8 Å². The summed E-state index contributed by atoms with van der Waals surface area (Å²) in [6.07, 6.45) is -9.85. The fraction of sp³-hybridized carbons (Fsp3) is 0.739. The van der Waals surface area contributed by atoms with E-state index in [2.05, 4.69) is 21.2 Å². The molecule has 1 fully saturated rings. The molecule has 16 heteroatoms. The lowest BCUT2D eigenvalue weighted by Crippen LogP contribution is -2.73. The van der Waals surface area contributed by atoms with Crippen molar-refractivity contribution >= 4 is 51.9 Å². The van der Waals surface area contributed by atoms with Crippen LogP contribution >= 0.6 is 15.9 Å². The van der Waals surface area contributed by atoms with Gasteiger partial charge in [0.15, 0.2) is 18.3 Å². The highest BCUT2D eigenvalue weighted by atomic mass is 79.9. The number of methoxy groups -OCH3 is 1. The molecule has 7 atom stereocenters. The van der Waals surface area contributed by atoms with E-state index in [1.165, 1.54) is 0 Å². The summed E-state index contributed by atoms with van der Waals surface area (Å²) in [5, 5.41) is 13.5. The van der Waals surface area contributed by atoms with Gasteiger partial charge in [-0.1, -0.05) is 0 Å². The zero-order chi connectivity index (χ0) is 30.3. The molecule has 0 aromatic heterocycles. The molecule has 1 aliphatic heterocycles. The number of hydrogen-bond acceptors (Lipinski definition) is 14. The summed E-state index contributed by atoms with van der Waals surface area (Å²) in [5.41, 5.74) is -0.999. The van der Waals surface area contributed by atoms with Gasteiger partial charge in [0.05, 0.1) is 7.11 Å². The van der Waals surface area contributed by atoms with Crippen LogP contribution < -0.4 is 5.32 Å². The third-order valence-corrected chi connectivity index (χ3v) is 5.90. The Hall–Kier alpha value is -2.98. The van der Waals surface area contributed by atoms with Crippen LogP contribution in [0.2, 0.25) is 0 Å². The van der Waals surface area contributed by atoms with Crippen LogP contribution in [0.1, 0.15) is 48.5 Å². The van der Waals surface area contributed by atoms with Gasteiger partial charge in [0.2, 0.25) is 0 Å². The lowest BCUT2D eigenvalue weighted by Gasteiger charge is -2.49. The standard InChI is InChI=1S/C23H34BrNO14/c1-10(26)34-9-14(35-11(2)27)16(36-12(3)28)17-15(25-21(32)39-22(5,6)7)18(37-13(4)29)19(30)23(24,38-17)20(31)33-8/h14-19,30H,9H2,1-8H3,(H,25,32)/t14-,15+,16-,17?,18?,19?,23+/m1/s1. The summed E-state index contributed by atoms with van der Waals surface area (Å²) in [6.45, 7) is 8.15. The van der Waals surface area contributed by atoms with Gasteiger partial charge in [-0.05, 0) is 36.7 Å². The number of nitrogens with one attached hydrogen (secondary N) is 1. The molecule has 15 nitrogen and oxygen atoms in total. The molecule has 1 rings (SSSR count). The second kappa shape index (κ2) is 13.9. The Balaban J connectivity index is 3.82. The van der Waals surface area contributed by atoms with Gasteiger partial charge in [0, 0.05) is 27.7 Å². The van der Waals surface area contributed by atoms with Gasteiger partial charge in [0.25, 0.3) is 4.51 Å². The van der Waals surface area contributed by atoms with E-state index in [0.717, 1.165) is 34.8 Å². The van der Waals surface area contributed by atoms with Crippen molar-refractivity contribution in [2.75, 3.05) is 13.7 Å². The van der Waals surface area contributed by atoms with Crippen LogP contribution in [-0.4, -0.2) is 101 Å². The summed E-state index contributed by atoms with van der Waals surface area (Å²) >= 11 is 2.98. The number of aliphatic hydroxyl groups is 1. The molecule has 0 radical (unpaired) electrons. The van der Waals surface area contributed by atoms with Gasteiger partial charge in [-0.25, -0.2) is 9.59 Å². The Labute approximate surface area is 233 Å². The van der Waals surface area contributed by atoms with Crippen LogP contribution in [0.25, 0.3) is 0 Å². The lowest BCUT2D eigenvalue weighted by molar-refractivity contribution is -0.247. The first-order chi connectivity index (χ1) is 17.8. The van der Waals surface area contributed by atoms with E-state index in [1.807, 2.05) is 0 Å².